The highest BCUT2D eigenvalue weighted by Gasteiger charge is 2.25. The van der Waals surface area contributed by atoms with Crippen LogP contribution in [0.1, 0.15) is 251 Å². The van der Waals surface area contributed by atoms with Crippen LogP contribution in [0.2, 0.25) is 0 Å². The van der Waals surface area contributed by atoms with Crippen LogP contribution in [-0.2, 0) is 0 Å². The van der Waals surface area contributed by atoms with Gasteiger partial charge in [0.05, 0.1) is 12.0 Å². The molecular weight excluding hydrogens is 520 g/mol. The SMILES string of the molecule is CCCCCCCCCCCCCCCCCCCC(CCCCCC)c1[nH]cc[n+]1C(C)CCCCCCCCCC. The summed E-state index contributed by atoms with van der Waals surface area (Å²) in [5, 5.41) is 0. The van der Waals surface area contributed by atoms with Crippen molar-refractivity contribution in [1.29, 1.82) is 0 Å². The van der Waals surface area contributed by atoms with Gasteiger partial charge in [0.1, 0.15) is 12.4 Å². The average Bonchev–Trinajstić information content (AvgIpc) is 3.51. The first-order valence-corrected chi connectivity index (χ1v) is 20.3. The Labute approximate surface area is 272 Å². The zero-order valence-electron chi connectivity index (χ0n) is 30.4. The Bertz CT molecular complexity index is 664. The molecule has 0 fully saturated rings. The van der Waals surface area contributed by atoms with Crippen molar-refractivity contribution in [3.8, 4) is 0 Å². The summed E-state index contributed by atoms with van der Waals surface area (Å²) >= 11 is 0. The normalized spacial score (nSPS) is 13.1. The summed E-state index contributed by atoms with van der Waals surface area (Å²) in [5.41, 5.74) is 0. The maximum Gasteiger partial charge on any atom is 0.257 e. The fourth-order valence-electron chi connectivity index (χ4n) is 7.13. The molecule has 2 heteroatoms. The molecule has 0 aliphatic rings. The van der Waals surface area contributed by atoms with Gasteiger partial charge in [-0.25, -0.2) is 9.55 Å². The van der Waals surface area contributed by atoms with Gasteiger partial charge in [-0.2, -0.15) is 0 Å². The molecule has 1 aromatic heterocycles. The van der Waals surface area contributed by atoms with Crippen molar-refractivity contribution in [2.45, 2.75) is 245 Å². The topological polar surface area (TPSA) is 19.7 Å². The van der Waals surface area contributed by atoms with Crippen LogP contribution in [0, 0.1) is 0 Å². The second-order valence-corrected chi connectivity index (χ2v) is 14.4. The molecule has 0 saturated carbocycles. The summed E-state index contributed by atoms with van der Waals surface area (Å²) < 4.78 is 2.62. The molecule has 254 valence electrons. The Morgan fingerprint density at radius 2 is 0.744 bits per heavy atom. The zero-order chi connectivity index (χ0) is 31.1. The van der Waals surface area contributed by atoms with Gasteiger partial charge in [0.15, 0.2) is 0 Å². The van der Waals surface area contributed by atoms with Gasteiger partial charge in [0.2, 0.25) is 0 Å². The molecule has 1 N–H and O–H groups in total. The fraction of sp³-hybridized carbons (Fsp3) is 0.927. The predicted molar refractivity (Wildman–Crippen MR) is 193 cm³/mol. The number of unbranched alkanes of at least 4 members (excludes halogenated alkanes) is 26. The van der Waals surface area contributed by atoms with Crippen molar-refractivity contribution < 1.29 is 4.57 Å². The molecule has 2 nitrogen and oxygen atoms in total. The van der Waals surface area contributed by atoms with Gasteiger partial charge in [-0.15, -0.1) is 0 Å². The van der Waals surface area contributed by atoms with E-state index in [9.17, 15) is 0 Å². The average molecular weight is 602 g/mol. The summed E-state index contributed by atoms with van der Waals surface area (Å²) in [6.07, 6.45) is 50.2. The van der Waals surface area contributed by atoms with E-state index < -0.39 is 0 Å². The molecule has 1 rings (SSSR count). The summed E-state index contributed by atoms with van der Waals surface area (Å²) in [5.74, 6) is 2.24. The molecular formula is C41H81N2+. The zero-order valence-corrected chi connectivity index (χ0v) is 30.4. The van der Waals surface area contributed by atoms with Gasteiger partial charge in [0, 0.05) is 0 Å². The van der Waals surface area contributed by atoms with Crippen LogP contribution in [0.25, 0.3) is 0 Å². The van der Waals surface area contributed by atoms with Crippen molar-refractivity contribution >= 4 is 0 Å². The van der Waals surface area contributed by atoms with Crippen molar-refractivity contribution in [1.82, 2.24) is 4.98 Å². The van der Waals surface area contributed by atoms with Crippen LogP contribution in [0.4, 0.5) is 0 Å². The first-order chi connectivity index (χ1) is 21.2. The Kier molecular flexibility index (Phi) is 29.2. The predicted octanol–water partition coefficient (Wildman–Crippen LogP) is 14.5. The second kappa shape index (κ2) is 31.2. The smallest absolute Gasteiger partial charge is 0.247 e. The molecule has 0 saturated heterocycles. The Morgan fingerprint density at radius 3 is 1.12 bits per heavy atom. The van der Waals surface area contributed by atoms with Gasteiger partial charge >= 0.3 is 0 Å². The lowest BCUT2D eigenvalue weighted by Gasteiger charge is -2.17. The lowest BCUT2D eigenvalue weighted by atomic mass is 9.93. The van der Waals surface area contributed by atoms with E-state index in [0.717, 1.165) is 0 Å². The number of hydrogen-bond donors (Lipinski definition) is 1. The van der Waals surface area contributed by atoms with Crippen molar-refractivity contribution in [3.05, 3.63) is 18.2 Å². The minimum atomic E-state index is 0.620. The van der Waals surface area contributed by atoms with Crippen LogP contribution in [0.3, 0.4) is 0 Å². The molecule has 2 atom stereocenters. The summed E-state index contributed by atoms with van der Waals surface area (Å²) in [4.78, 5) is 3.73. The molecule has 0 aliphatic heterocycles. The molecule has 0 radical (unpaired) electrons. The van der Waals surface area contributed by atoms with E-state index in [4.69, 9.17) is 0 Å². The lowest BCUT2D eigenvalue weighted by molar-refractivity contribution is -0.727. The van der Waals surface area contributed by atoms with E-state index in [1.807, 2.05) is 0 Å². The first kappa shape index (κ1) is 40.2. The number of hydrogen-bond acceptors (Lipinski definition) is 0. The maximum absolute atomic E-state index is 3.73. The number of aromatic nitrogens is 2. The number of rotatable bonds is 34. The van der Waals surface area contributed by atoms with E-state index in [1.165, 1.54) is 211 Å². The van der Waals surface area contributed by atoms with E-state index in [0.29, 0.717) is 12.0 Å². The molecule has 0 aliphatic carbocycles. The molecule has 0 spiro atoms. The molecule has 0 aromatic carbocycles. The molecule has 43 heavy (non-hydrogen) atoms. The summed E-state index contributed by atoms with van der Waals surface area (Å²) in [7, 11) is 0. The van der Waals surface area contributed by atoms with Crippen LogP contribution in [-0.4, -0.2) is 4.98 Å². The minimum Gasteiger partial charge on any atom is -0.247 e. The number of nitrogens with zero attached hydrogens (tertiary/aromatic N) is 1. The fourth-order valence-corrected chi connectivity index (χ4v) is 7.13. The minimum absolute atomic E-state index is 0.620. The van der Waals surface area contributed by atoms with Crippen LogP contribution in [0.15, 0.2) is 12.4 Å². The first-order valence-electron chi connectivity index (χ1n) is 20.3. The lowest BCUT2D eigenvalue weighted by Crippen LogP contribution is -2.41. The summed E-state index contributed by atoms with van der Waals surface area (Å²) in [6.45, 7) is 9.42. The standard InChI is InChI=1S/C41H80N2/c1-5-8-11-14-16-18-19-20-21-22-23-24-25-26-28-30-33-36-40(35-32-13-10-7-3)41-42-37-38-43(41)39(4)34-31-29-27-17-15-12-9-6-2/h37-40H,5-36H2,1-4H3/p+1. The Balaban J connectivity index is 2.23. The van der Waals surface area contributed by atoms with Gasteiger partial charge in [-0.05, 0) is 32.6 Å². The monoisotopic (exact) mass is 602 g/mol. The largest absolute Gasteiger partial charge is 0.257 e. The highest BCUT2D eigenvalue weighted by atomic mass is 15.1. The third-order valence-electron chi connectivity index (χ3n) is 10.1. The van der Waals surface area contributed by atoms with Crippen molar-refractivity contribution in [3.63, 3.8) is 0 Å². The maximum atomic E-state index is 3.73. The number of nitrogens with one attached hydrogen (secondary N) is 1. The molecule has 1 aromatic rings. The molecule has 1 heterocycles. The van der Waals surface area contributed by atoms with Crippen molar-refractivity contribution in [2.75, 3.05) is 0 Å². The number of aromatic amines is 1. The second-order valence-electron chi connectivity index (χ2n) is 14.4. The molecule has 0 amide bonds. The number of imidazole rings is 1. The van der Waals surface area contributed by atoms with Gasteiger partial charge in [0.25, 0.3) is 5.82 Å². The van der Waals surface area contributed by atoms with E-state index >= 15 is 0 Å². The van der Waals surface area contributed by atoms with Crippen molar-refractivity contribution in [2.24, 2.45) is 0 Å². The highest BCUT2D eigenvalue weighted by molar-refractivity contribution is 4.90. The van der Waals surface area contributed by atoms with E-state index in [-0.39, 0.29) is 0 Å². The quantitative estimate of drug-likeness (QED) is 0.0599. The van der Waals surface area contributed by atoms with Crippen LogP contribution < -0.4 is 4.57 Å². The highest BCUT2D eigenvalue weighted by Crippen LogP contribution is 2.27. The van der Waals surface area contributed by atoms with E-state index in [2.05, 4.69) is 49.6 Å². The van der Waals surface area contributed by atoms with E-state index in [1.54, 1.807) is 0 Å². The van der Waals surface area contributed by atoms with Crippen LogP contribution >= 0.6 is 0 Å². The third-order valence-corrected chi connectivity index (χ3v) is 10.1. The van der Waals surface area contributed by atoms with Gasteiger partial charge in [-0.1, -0.05) is 201 Å². The third kappa shape index (κ3) is 23.2. The Morgan fingerprint density at radius 1 is 0.442 bits per heavy atom. The van der Waals surface area contributed by atoms with Gasteiger partial charge < -0.3 is 0 Å². The molecule has 0 bridgehead atoms. The van der Waals surface area contributed by atoms with Crippen LogP contribution in [0.5, 0.6) is 0 Å². The Hall–Kier alpha value is -0.790. The number of H-pyrrole nitrogens is 1. The van der Waals surface area contributed by atoms with Gasteiger partial charge in [-0.3, -0.25) is 0 Å². The molecule has 2 unspecified atom stereocenters. The summed E-state index contributed by atoms with van der Waals surface area (Å²) in [6, 6.07) is 0.620.